The molecule has 2 N–H and O–H groups in total. The van der Waals surface area contributed by atoms with Crippen LogP contribution in [0.25, 0.3) is 0 Å². The molecule has 0 saturated carbocycles. The van der Waals surface area contributed by atoms with Gasteiger partial charge >= 0.3 is 0 Å². The van der Waals surface area contributed by atoms with Crippen molar-refractivity contribution in [2.45, 2.75) is 20.0 Å². The van der Waals surface area contributed by atoms with Gasteiger partial charge in [-0.3, -0.25) is 4.79 Å². The molecule has 16 heavy (non-hydrogen) atoms. The molecule has 1 aromatic rings. The lowest BCUT2D eigenvalue weighted by atomic mass is 10.2. The van der Waals surface area contributed by atoms with Crippen molar-refractivity contribution in [3.63, 3.8) is 0 Å². The van der Waals surface area contributed by atoms with Crippen molar-refractivity contribution in [2.75, 3.05) is 19.8 Å². The van der Waals surface area contributed by atoms with Gasteiger partial charge in [-0.1, -0.05) is 6.07 Å². The summed E-state index contributed by atoms with van der Waals surface area (Å²) in [7, 11) is 3.41. The van der Waals surface area contributed by atoms with E-state index in [2.05, 4.69) is 0 Å². The maximum atomic E-state index is 11.6. The number of hydrogen-bond acceptors (Lipinski definition) is 3. The fraction of sp³-hybridized carbons (Fsp3) is 0.417. The summed E-state index contributed by atoms with van der Waals surface area (Å²) < 4.78 is 5.58. The summed E-state index contributed by atoms with van der Waals surface area (Å²) in [5, 5.41) is 0. The second kappa shape index (κ2) is 4.88. The summed E-state index contributed by atoms with van der Waals surface area (Å²) in [6, 6.07) is 5.43. The minimum absolute atomic E-state index is 0.0678. The molecule has 4 heteroatoms. The van der Waals surface area contributed by atoms with Crippen LogP contribution in [0.15, 0.2) is 18.2 Å². The van der Waals surface area contributed by atoms with Crippen LogP contribution in [-0.2, 0) is 4.79 Å². The SMILES string of the molecule is Cc1c(N)cccc1OC(C)C(=O)N(C)C. The normalized spacial score (nSPS) is 12.0. The van der Waals surface area contributed by atoms with Gasteiger partial charge in [0.25, 0.3) is 5.91 Å². The molecule has 0 spiro atoms. The lowest BCUT2D eigenvalue weighted by molar-refractivity contribution is -0.135. The third-order valence-corrected chi connectivity index (χ3v) is 2.42. The fourth-order valence-electron chi connectivity index (χ4n) is 1.36. The standard InChI is InChI=1S/C12H18N2O2/c1-8-10(13)6-5-7-11(8)16-9(2)12(15)14(3)4/h5-7,9H,13H2,1-4H3. The van der Waals surface area contributed by atoms with Crippen molar-refractivity contribution in [3.05, 3.63) is 23.8 Å². The third-order valence-electron chi connectivity index (χ3n) is 2.42. The summed E-state index contributed by atoms with van der Waals surface area (Å²) >= 11 is 0. The summed E-state index contributed by atoms with van der Waals surface area (Å²) in [6.45, 7) is 3.60. The first kappa shape index (κ1) is 12.4. The number of carbonyl (C=O) groups is 1. The predicted molar refractivity (Wildman–Crippen MR) is 64.4 cm³/mol. The van der Waals surface area contributed by atoms with Gasteiger partial charge in [-0.2, -0.15) is 0 Å². The van der Waals surface area contributed by atoms with E-state index in [4.69, 9.17) is 10.5 Å². The zero-order valence-corrected chi connectivity index (χ0v) is 10.2. The smallest absolute Gasteiger partial charge is 0.262 e. The molecule has 88 valence electrons. The van der Waals surface area contributed by atoms with E-state index >= 15 is 0 Å². The molecule has 1 aromatic carbocycles. The van der Waals surface area contributed by atoms with Crippen LogP contribution >= 0.6 is 0 Å². The summed E-state index contributed by atoms with van der Waals surface area (Å²) in [4.78, 5) is 13.1. The number of carbonyl (C=O) groups excluding carboxylic acids is 1. The van der Waals surface area contributed by atoms with Crippen molar-refractivity contribution in [1.82, 2.24) is 4.90 Å². The lowest BCUT2D eigenvalue weighted by Gasteiger charge is -2.19. The van der Waals surface area contributed by atoms with Crippen molar-refractivity contribution in [2.24, 2.45) is 0 Å². The molecule has 0 aliphatic heterocycles. The van der Waals surface area contributed by atoms with Gasteiger partial charge in [0.05, 0.1) is 0 Å². The van der Waals surface area contributed by atoms with E-state index in [1.54, 1.807) is 27.1 Å². The van der Waals surface area contributed by atoms with Gasteiger partial charge in [0.15, 0.2) is 6.10 Å². The van der Waals surface area contributed by atoms with Gasteiger partial charge in [0.2, 0.25) is 0 Å². The lowest BCUT2D eigenvalue weighted by Crippen LogP contribution is -2.35. The Morgan fingerprint density at radius 1 is 1.44 bits per heavy atom. The number of anilines is 1. The Hall–Kier alpha value is -1.71. The van der Waals surface area contributed by atoms with Crippen molar-refractivity contribution >= 4 is 11.6 Å². The van der Waals surface area contributed by atoms with Gasteiger partial charge in [-0.05, 0) is 26.0 Å². The zero-order chi connectivity index (χ0) is 12.3. The number of nitrogens with zero attached hydrogens (tertiary/aromatic N) is 1. The van der Waals surface area contributed by atoms with E-state index in [1.165, 1.54) is 4.90 Å². The third kappa shape index (κ3) is 2.66. The van der Waals surface area contributed by atoms with E-state index in [-0.39, 0.29) is 5.91 Å². The molecule has 0 radical (unpaired) electrons. The quantitative estimate of drug-likeness (QED) is 0.787. The molecular formula is C12H18N2O2. The number of benzene rings is 1. The average molecular weight is 222 g/mol. The molecule has 0 aliphatic rings. The number of amides is 1. The van der Waals surface area contributed by atoms with Crippen LogP contribution in [0.2, 0.25) is 0 Å². The highest BCUT2D eigenvalue weighted by Gasteiger charge is 2.17. The van der Waals surface area contributed by atoms with Crippen LogP contribution in [-0.4, -0.2) is 31.0 Å². The van der Waals surface area contributed by atoms with Gasteiger partial charge in [0.1, 0.15) is 5.75 Å². The molecule has 4 nitrogen and oxygen atoms in total. The summed E-state index contributed by atoms with van der Waals surface area (Å²) in [5.41, 5.74) is 7.29. The molecule has 1 atom stereocenters. The monoisotopic (exact) mass is 222 g/mol. The maximum absolute atomic E-state index is 11.6. The molecule has 0 aromatic heterocycles. The topological polar surface area (TPSA) is 55.6 Å². The first-order valence-corrected chi connectivity index (χ1v) is 5.16. The van der Waals surface area contributed by atoms with Crippen molar-refractivity contribution < 1.29 is 9.53 Å². The van der Waals surface area contributed by atoms with Gasteiger partial charge in [-0.15, -0.1) is 0 Å². The van der Waals surface area contributed by atoms with E-state index in [0.717, 1.165) is 5.56 Å². The number of likely N-dealkylation sites (N-methyl/N-ethyl adjacent to an activating group) is 1. The van der Waals surface area contributed by atoms with Crippen LogP contribution in [0.1, 0.15) is 12.5 Å². The highest BCUT2D eigenvalue weighted by atomic mass is 16.5. The highest BCUT2D eigenvalue weighted by Crippen LogP contribution is 2.23. The van der Waals surface area contributed by atoms with Crippen molar-refractivity contribution in [1.29, 1.82) is 0 Å². The zero-order valence-electron chi connectivity index (χ0n) is 10.2. The first-order valence-electron chi connectivity index (χ1n) is 5.16. The molecule has 1 amide bonds. The molecule has 0 heterocycles. The van der Waals surface area contributed by atoms with Crippen molar-refractivity contribution in [3.8, 4) is 5.75 Å². The predicted octanol–water partition coefficient (Wildman–Crippen LogP) is 1.43. The number of rotatable bonds is 3. The summed E-state index contributed by atoms with van der Waals surface area (Å²) in [5.74, 6) is 0.588. The number of nitrogen functional groups attached to an aromatic ring is 1. The van der Waals surface area contributed by atoms with E-state index in [0.29, 0.717) is 11.4 Å². The number of hydrogen-bond donors (Lipinski definition) is 1. The minimum atomic E-state index is -0.504. The van der Waals surface area contributed by atoms with Crippen LogP contribution < -0.4 is 10.5 Å². The Morgan fingerprint density at radius 2 is 2.06 bits per heavy atom. The molecule has 1 rings (SSSR count). The highest BCUT2D eigenvalue weighted by molar-refractivity contribution is 5.80. The number of nitrogens with two attached hydrogens (primary N) is 1. The number of ether oxygens (including phenoxy) is 1. The molecule has 0 fully saturated rings. The van der Waals surface area contributed by atoms with Gasteiger partial charge in [-0.25, -0.2) is 0 Å². The van der Waals surface area contributed by atoms with Gasteiger partial charge in [0, 0.05) is 25.3 Å². The van der Waals surface area contributed by atoms with E-state index in [1.807, 2.05) is 19.1 Å². The fourth-order valence-corrected chi connectivity index (χ4v) is 1.36. The van der Waals surface area contributed by atoms with Crippen LogP contribution in [0.3, 0.4) is 0 Å². The Labute approximate surface area is 96.0 Å². The van der Waals surface area contributed by atoms with Crippen LogP contribution in [0.4, 0.5) is 5.69 Å². The Bertz CT molecular complexity index is 389. The second-order valence-electron chi connectivity index (χ2n) is 3.96. The molecule has 0 aliphatic carbocycles. The van der Waals surface area contributed by atoms with Crippen LogP contribution in [0, 0.1) is 6.92 Å². The average Bonchev–Trinajstić information content (AvgIpc) is 2.23. The molecular weight excluding hydrogens is 204 g/mol. The Kier molecular flexibility index (Phi) is 3.77. The maximum Gasteiger partial charge on any atom is 0.262 e. The van der Waals surface area contributed by atoms with Gasteiger partial charge < -0.3 is 15.4 Å². The molecule has 0 bridgehead atoms. The molecule has 1 unspecified atom stereocenters. The second-order valence-corrected chi connectivity index (χ2v) is 3.96. The van der Waals surface area contributed by atoms with Crippen LogP contribution in [0.5, 0.6) is 5.75 Å². The first-order chi connectivity index (χ1) is 7.43. The van der Waals surface area contributed by atoms with E-state index in [9.17, 15) is 4.79 Å². The molecule has 0 saturated heterocycles. The van der Waals surface area contributed by atoms with E-state index < -0.39 is 6.10 Å². The largest absolute Gasteiger partial charge is 0.481 e. The Morgan fingerprint density at radius 3 is 2.62 bits per heavy atom. The minimum Gasteiger partial charge on any atom is -0.481 e. The summed E-state index contributed by atoms with van der Waals surface area (Å²) in [6.07, 6.45) is -0.504. The Balaban J connectivity index is 2.81.